The van der Waals surface area contributed by atoms with E-state index in [4.69, 9.17) is 12.6 Å². The summed E-state index contributed by atoms with van der Waals surface area (Å²) in [6.45, 7) is 81.7. The number of quaternary nitrogens is 7. The van der Waals surface area contributed by atoms with E-state index in [1.807, 2.05) is 91.9 Å². The normalized spacial score (nSPS) is 22.2. The van der Waals surface area contributed by atoms with Crippen LogP contribution >= 0.6 is 0 Å². The van der Waals surface area contributed by atoms with Gasteiger partial charge in [-0.1, -0.05) is 88.0 Å². The average molecular weight is 1980 g/mol. The van der Waals surface area contributed by atoms with Gasteiger partial charge in [-0.05, 0) is 362 Å². The zero-order valence-corrected chi connectivity index (χ0v) is 101. The van der Waals surface area contributed by atoms with Gasteiger partial charge in [0.1, 0.15) is 12.4 Å². The second kappa shape index (κ2) is 85.4. The molecule has 0 N–H and O–H groups in total. The van der Waals surface area contributed by atoms with Crippen LogP contribution < -0.4 is 4.57 Å². The largest absolute Gasteiger partial charge is 0.425 e. The lowest BCUT2D eigenvalue weighted by Gasteiger charge is -2.39. The van der Waals surface area contributed by atoms with Crippen LogP contribution in [0, 0.1) is 5.92 Å². The lowest BCUT2D eigenvalue weighted by atomic mass is 10.1. The monoisotopic (exact) mass is 1980 g/mol. The first-order chi connectivity index (χ1) is 65.2. The van der Waals surface area contributed by atoms with E-state index in [-0.39, 0.29) is 0 Å². The summed E-state index contributed by atoms with van der Waals surface area (Å²) in [7, 11) is 39.4. The molecule has 0 aromatic carbocycles. The number of likely N-dealkylation sites (N-methyl/N-ethyl adjacent to an activating group) is 4. The van der Waals surface area contributed by atoms with Crippen molar-refractivity contribution in [1.29, 1.82) is 0 Å². The third kappa shape index (κ3) is 79.7. The fraction of sp³-hybridized carbons (Fsp3) is 0.939. The predicted octanol–water partition coefficient (Wildman–Crippen LogP) is 19.6. The van der Waals surface area contributed by atoms with Crippen LogP contribution in [0.25, 0.3) is 0 Å². The van der Waals surface area contributed by atoms with Gasteiger partial charge in [0.2, 0.25) is 6.33 Å². The Morgan fingerprint density at radius 1 is 0.283 bits per heavy atom. The minimum absolute atomic E-state index is 0.813. The second-order valence-electron chi connectivity index (χ2n) is 47.3. The van der Waals surface area contributed by atoms with Gasteiger partial charge in [0.25, 0.3) is 0 Å². The summed E-state index contributed by atoms with van der Waals surface area (Å²) in [5.74, 6) is 0.859. The Morgan fingerprint density at radius 2 is 0.493 bits per heavy atom. The highest BCUT2D eigenvalue weighted by molar-refractivity contribution is 7.59. The molecule has 2 aromatic heterocycles. The molecule has 138 heavy (non-hydrogen) atoms. The fourth-order valence-corrected chi connectivity index (χ4v) is 20.4. The first-order valence-corrected chi connectivity index (χ1v) is 59.1. The number of aryl methyl sites for hydroxylation is 3. The fourth-order valence-electron chi connectivity index (χ4n) is 20.4. The molecule has 0 atom stereocenters. The summed E-state index contributed by atoms with van der Waals surface area (Å²) in [5.41, 5.74) is 0. The number of nitrogens with zero attached hydrogens (tertiary/aromatic N) is 19. The molecular weight excluding hydrogens is 1730 g/mol. The van der Waals surface area contributed by atoms with Crippen molar-refractivity contribution in [1.82, 2.24) is 53.2 Å². The zero-order chi connectivity index (χ0) is 105. The Bertz CT molecular complexity index is 2890. The molecular formula is C115H253N19O3S+8. The summed E-state index contributed by atoms with van der Waals surface area (Å²) >= 11 is 0. The number of aromatic nitrogens is 3. The highest BCUT2D eigenvalue weighted by Crippen LogP contribution is 2.24. The molecule has 0 bridgehead atoms. The van der Waals surface area contributed by atoms with Gasteiger partial charge in [-0.25, -0.2) is 9.13 Å². The van der Waals surface area contributed by atoms with E-state index in [1.165, 1.54) is 485 Å². The number of rotatable bonds is 12. The van der Waals surface area contributed by atoms with Crippen LogP contribution in [0.4, 0.5) is 0 Å². The quantitative estimate of drug-likeness (QED) is 0.150. The van der Waals surface area contributed by atoms with Crippen LogP contribution in [0.3, 0.4) is 0 Å². The van der Waals surface area contributed by atoms with Crippen LogP contribution in [0.1, 0.15) is 322 Å². The van der Waals surface area contributed by atoms with E-state index in [2.05, 4.69) is 247 Å². The molecule has 13 aliphatic heterocycles. The molecule has 22 nitrogen and oxygen atoms in total. The van der Waals surface area contributed by atoms with Crippen LogP contribution in [0.15, 0.2) is 43.2 Å². The van der Waals surface area contributed by atoms with Crippen molar-refractivity contribution in [2.24, 2.45) is 27.1 Å². The van der Waals surface area contributed by atoms with Crippen molar-refractivity contribution in [3.63, 3.8) is 0 Å². The summed E-state index contributed by atoms with van der Waals surface area (Å²) in [6, 6.07) is 6.47. The Balaban J connectivity index is -0.00000141. The summed E-state index contributed by atoms with van der Waals surface area (Å²) < 4.78 is 40.5. The Hall–Kier alpha value is -2.53. The Labute approximate surface area is 866 Å². The molecule has 23 heteroatoms. The number of imidazole rings is 1. The maximum absolute atomic E-state index is 8.44. The van der Waals surface area contributed by atoms with Gasteiger partial charge in [-0.3, -0.25) is 4.90 Å². The minimum atomic E-state index is -3.11. The zero-order valence-electron chi connectivity index (χ0n) is 100.0. The molecule has 0 amide bonds. The molecule has 13 saturated heterocycles. The molecule has 15 rings (SSSR count). The van der Waals surface area contributed by atoms with Crippen molar-refractivity contribution in [2.75, 3.05) is 348 Å². The molecule has 0 radical (unpaired) electrons. The smallest absolute Gasteiger partial charge is 0.357 e. The lowest BCUT2D eigenvalue weighted by molar-refractivity contribution is -0.929. The van der Waals surface area contributed by atoms with E-state index < -0.39 is 10.6 Å². The van der Waals surface area contributed by atoms with Crippen molar-refractivity contribution >= 4 is 10.6 Å². The summed E-state index contributed by atoms with van der Waals surface area (Å²) in [4.78, 5) is 21.4. The van der Waals surface area contributed by atoms with Crippen molar-refractivity contribution in [2.45, 2.75) is 340 Å². The average Bonchev–Trinajstić information content (AvgIpc) is 1.75. The Morgan fingerprint density at radius 3 is 0.674 bits per heavy atom. The molecule has 0 spiro atoms. The predicted molar refractivity (Wildman–Crippen MR) is 607 cm³/mol. The second-order valence-corrected chi connectivity index (χ2v) is 47.7. The molecule has 2 aromatic rings. The van der Waals surface area contributed by atoms with Gasteiger partial charge in [-0.15, -0.1) is 12.6 Å². The van der Waals surface area contributed by atoms with Crippen LogP contribution in [-0.4, -0.2) is 464 Å². The van der Waals surface area contributed by atoms with Crippen molar-refractivity contribution in [3.8, 4) is 0 Å². The van der Waals surface area contributed by atoms with Gasteiger partial charge < -0.3 is 75.1 Å². The maximum atomic E-state index is 8.44. The number of likely N-dealkylation sites (tertiary alicyclic amines) is 11. The van der Waals surface area contributed by atoms with Gasteiger partial charge in [-0.2, -0.15) is 0 Å². The summed E-state index contributed by atoms with van der Waals surface area (Å²) in [6.07, 6.45) is 58.8. The lowest BCUT2D eigenvalue weighted by Crippen LogP contribution is -2.53. The molecule has 0 unspecified atom stereocenters. The highest BCUT2D eigenvalue weighted by Gasteiger charge is 2.32. The maximum Gasteiger partial charge on any atom is 0.425 e. The number of hydrogen-bond donors (Lipinski definition) is 0. The van der Waals surface area contributed by atoms with Gasteiger partial charge in [0, 0.05) is 90.3 Å². The Kier molecular flexibility index (Phi) is 86.4. The molecule has 824 valence electrons. The molecule has 0 aliphatic carbocycles. The topological polar surface area (TPSA) is 94.1 Å². The molecule has 13 fully saturated rings. The standard InChI is InChI=1S/3C10H22N.C9H20N.2C8H18N.C7H17N2.C7H15N.C6H14N2.2C6H13N.C6H15N.C5H9N2.2C5H11N.C5H7N.C2H6.O3S/c1-10(2)9-11(3)7-5-4-6-8-11;1-10(2)11(3)8-6-4-5-7-9-11;1-3-8-11(2)9-6-4-5-7-10-11;1-3-7-10(2)8-5-4-6-9-10;2*1-8(2)9(3)6-4-5-7-9;1-8-4-6-9(2,3)7-5-8;1-8-6-4-2-3-5-7-8;1-7-3-5-8(2)6-4-7;2*1-7-5-3-2-4-6-7;1-4-7(5-2)6-3;1-6-3-4-7(2)5-6;3*1-6-4-2-3-5-6;1-2;1-4(2)3/h2*10H,4-9H2,1-3H3;3-10H2,1-2H3;3-9H2,1-2H3;2*8H,4-7H2,1-3H3;4-7H2,1-3H3;2-7H2,1H3;3-6H2,1-2H3;2*2-6H2,1H3;4-6H2,1-3H3;3-5H,1-2H3;2*2-5H2,1H3;2-5H,1H3;1-2H3;/q7*+1;;;;;;+1;;;;;. The van der Waals surface area contributed by atoms with E-state index in [0.29, 0.717) is 0 Å². The van der Waals surface area contributed by atoms with Gasteiger partial charge >= 0.3 is 10.6 Å². The molecule has 15 heterocycles. The van der Waals surface area contributed by atoms with E-state index >= 15 is 0 Å². The third-order valence-electron chi connectivity index (χ3n) is 31.8. The number of hydrogen-bond acceptors (Lipinski definition) is 12. The minimum Gasteiger partial charge on any atom is -0.357 e. The van der Waals surface area contributed by atoms with E-state index in [0.717, 1.165) is 24.0 Å². The van der Waals surface area contributed by atoms with Crippen molar-refractivity contribution in [3.05, 3.63) is 43.2 Å². The van der Waals surface area contributed by atoms with Crippen molar-refractivity contribution < 1.29 is 48.6 Å². The van der Waals surface area contributed by atoms with Crippen LogP contribution in [0.2, 0.25) is 0 Å². The first kappa shape index (κ1) is 140. The van der Waals surface area contributed by atoms with Gasteiger partial charge in [0.05, 0.1) is 200 Å². The van der Waals surface area contributed by atoms with Crippen LogP contribution in [0.5, 0.6) is 0 Å². The number of piperidine rings is 4. The van der Waals surface area contributed by atoms with Gasteiger partial charge in [0.15, 0.2) is 0 Å². The highest BCUT2D eigenvalue weighted by atomic mass is 32.2. The van der Waals surface area contributed by atoms with E-state index in [1.54, 1.807) is 0 Å². The van der Waals surface area contributed by atoms with E-state index in [9.17, 15) is 0 Å². The third-order valence-corrected chi connectivity index (χ3v) is 31.8. The van der Waals surface area contributed by atoms with Crippen LogP contribution in [-0.2, 0) is 31.8 Å². The summed E-state index contributed by atoms with van der Waals surface area (Å²) in [5, 5.41) is 0. The first-order valence-electron chi connectivity index (χ1n) is 58.1. The molecule has 13 aliphatic rings. The molecule has 0 saturated carbocycles. The number of piperazine rings is 2. The SMILES string of the molecule is CC.CC(C)C[N+]1(C)CCCCC1.CC(C)[N+]1(C)CCCC1.CC(C)[N+]1(C)CCCC1.CC(C)[N+]1(C)CCCCCC1.CCC[N+]1(C)CCCCC1.CCC[N+]1(C)CCCCCC1.CCN(CC)CC.CN1CCCC1.CN1CCCC1.CN1CCCCC1.CN1CCCCC1.CN1CCCCCC1.CN1CCN(C)CC1.CN1CC[N+](C)(C)CC1.Cn1cc[n+](C)c1.Cn1cccc1.O=S(=O)=O.